The van der Waals surface area contributed by atoms with Crippen molar-refractivity contribution in [2.24, 2.45) is 0 Å². The molecule has 0 atom stereocenters. The highest BCUT2D eigenvalue weighted by molar-refractivity contribution is 6.35. The monoisotopic (exact) mass is 210 g/mol. The Bertz CT molecular complexity index is 511. The summed E-state index contributed by atoms with van der Waals surface area (Å²) < 4.78 is 13.3. The fourth-order valence-electron chi connectivity index (χ4n) is 1.38. The number of anilines is 1. The van der Waals surface area contributed by atoms with E-state index in [1.54, 1.807) is 19.1 Å². The number of aryl methyl sites for hydroxylation is 1. The molecule has 14 heavy (non-hydrogen) atoms. The summed E-state index contributed by atoms with van der Waals surface area (Å²) in [7, 11) is 0. The van der Waals surface area contributed by atoms with Gasteiger partial charge in [0.1, 0.15) is 11.3 Å². The number of halogens is 2. The molecule has 1 heterocycles. The molecule has 2 aromatic rings. The maximum absolute atomic E-state index is 13.3. The van der Waals surface area contributed by atoms with Crippen LogP contribution in [-0.4, -0.2) is 4.98 Å². The van der Waals surface area contributed by atoms with Crippen LogP contribution in [0.5, 0.6) is 0 Å². The molecule has 2 rings (SSSR count). The largest absolute Gasteiger partial charge is 0.397 e. The van der Waals surface area contributed by atoms with Crippen molar-refractivity contribution in [3.8, 4) is 0 Å². The van der Waals surface area contributed by atoms with Gasteiger partial charge in [0, 0.05) is 5.39 Å². The third-order valence-corrected chi connectivity index (χ3v) is 2.59. The van der Waals surface area contributed by atoms with Crippen LogP contribution in [0.25, 0.3) is 10.9 Å². The highest BCUT2D eigenvalue weighted by Gasteiger charge is 2.10. The third-order valence-electron chi connectivity index (χ3n) is 2.11. The van der Waals surface area contributed by atoms with Gasteiger partial charge in [-0.05, 0) is 13.0 Å². The van der Waals surface area contributed by atoms with E-state index in [0.29, 0.717) is 21.8 Å². The molecule has 0 saturated heterocycles. The number of aromatic nitrogens is 1. The number of nitrogens with zero attached hydrogens (tertiary/aromatic N) is 1. The number of nitrogen functional groups attached to an aromatic ring is 1. The number of hydrogen-bond acceptors (Lipinski definition) is 2. The van der Waals surface area contributed by atoms with Crippen molar-refractivity contribution in [3.63, 3.8) is 0 Å². The SMILES string of the molecule is Cc1nc2c(F)cccc2c(N)c1Cl. The van der Waals surface area contributed by atoms with Crippen LogP contribution in [0.1, 0.15) is 5.69 Å². The van der Waals surface area contributed by atoms with Gasteiger partial charge in [-0.15, -0.1) is 0 Å². The van der Waals surface area contributed by atoms with Crippen LogP contribution < -0.4 is 5.73 Å². The van der Waals surface area contributed by atoms with E-state index < -0.39 is 0 Å². The third kappa shape index (κ3) is 1.21. The molecule has 4 heteroatoms. The normalized spacial score (nSPS) is 10.8. The van der Waals surface area contributed by atoms with Crippen molar-refractivity contribution in [2.75, 3.05) is 5.73 Å². The van der Waals surface area contributed by atoms with E-state index in [-0.39, 0.29) is 11.3 Å². The van der Waals surface area contributed by atoms with E-state index >= 15 is 0 Å². The Hall–Kier alpha value is -1.35. The lowest BCUT2D eigenvalue weighted by Crippen LogP contribution is -1.96. The number of fused-ring (bicyclic) bond motifs is 1. The highest BCUT2D eigenvalue weighted by atomic mass is 35.5. The summed E-state index contributed by atoms with van der Waals surface area (Å²) in [6.45, 7) is 1.70. The van der Waals surface area contributed by atoms with Gasteiger partial charge >= 0.3 is 0 Å². The molecule has 0 amide bonds. The van der Waals surface area contributed by atoms with E-state index in [1.165, 1.54) is 6.07 Å². The first-order valence-electron chi connectivity index (χ1n) is 4.11. The first kappa shape index (κ1) is 9.21. The number of benzene rings is 1. The van der Waals surface area contributed by atoms with Gasteiger partial charge in [0.25, 0.3) is 0 Å². The average molecular weight is 211 g/mol. The van der Waals surface area contributed by atoms with Crippen molar-refractivity contribution < 1.29 is 4.39 Å². The summed E-state index contributed by atoms with van der Waals surface area (Å²) in [5.41, 5.74) is 6.95. The van der Waals surface area contributed by atoms with Gasteiger partial charge < -0.3 is 5.73 Å². The zero-order valence-corrected chi connectivity index (χ0v) is 8.27. The second-order valence-electron chi connectivity index (χ2n) is 3.06. The van der Waals surface area contributed by atoms with Gasteiger partial charge in [0.15, 0.2) is 0 Å². The van der Waals surface area contributed by atoms with E-state index in [9.17, 15) is 4.39 Å². The molecule has 2 N–H and O–H groups in total. The molecule has 0 spiro atoms. The molecule has 0 unspecified atom stereocenters. The maximum atomic E-state index is 13.3. The van der Waals surface area contributed by atoms with Gasteiger partial charge in [0.2, 0.25) is 0 Å². The molecule has 0 radical (unpaired) electrons. The highest BCUT2D eigenvalue weighted by Crippen LogP contribution is 2.30. The standard InChI is InChI=1S/C10H8ClFN2/c1-5-8(11)9(13)6-3-2-4-7(12)10(6)14-5/h2-4H,1H3,(H2,13,14). The van der Waals surface area contributed by atoms with E-state index in [0.717, 1.165) is 0 Å². The Morgan fingerprint density at radius 2 is 2.14 bits per heavy atom. The fourth-order valence-corrected chi connectivity index (χ4v) is 1.52. The molecular formula is C10H8ClFN2. The van der Waals surface area contributed by atoms with Gasteiger partial charge in [-0.25, -0.2) is 9.37 Å². The number of pyridine rings is 1. The number of nitrogens with two attached hydrogens (primary N) is 1. The fraction of sp³-hybridized carbons (Fsp3) is 0.100. The Kier molecular flexibility index (Phi) is 2.04. The second-order valence-corrected chi connectivity index (χ2v) is 3.44. The van der Waals surface area contributed by atoms with Gasteiger partial charge in [0.05, 0.1) is 16.4 Å². The lowest BCUT2D eigenvalue weighted by Gasteiger charge is -2.06. The van der Waals surface area contributed by atoms with Crippen LogP contribution in [0.15, 0.2) is 18.2 Å². The van der Waals surface area contributed by atoms with E-state index in [1.807, 2.05) is 0 Å². The van der Waals surface area contributed by atoms with Crippen LogP contribution >= 0.6 is 11.6 Å². The topological polar surface area (TPSA) is 38.9 Å². The Morgan fingerprint density at radius 1 is 1.43 bits per heavy atom. The Balaban J connectivity index is 2.98. The van der Waals surface area contributed by atoms with Crippen molar-refractivity contribution in [1.82, 2.24) is 4.98 Å². The van der Waals surface area contributed by atoms with Crippen molar-refractivity contribution >= 4 is 28.2 Å². The van der Waals surface area contributed by atoms with Crippen LogP contribution in [0, 0.1) is 12.7 Å². The average Bonchev–Trinajstić information content (AvgIpc) is 2.17. The van der Waals surface area contributed by atoms with Crippen molar-refractivity contribution in [1.29, 1.82) is 0 Å². The van der Waals surface area contributed by atoms with E-state index in [2.05, 4.69) is 4.98 Å². The number of para-hydroxylation sites is 1. The maximum Gasteiger partial charge on any atom is 0.149 e. The minimum Gasteiger partial charge on any atom is -0.397 e. The van der Waals surface area contributed by atoms with Crippen LogP contribution in [0.3, 0.4) is 0 Å². The molecule has 72 valence electrons. The predicted octanol–water partition coefficient (Wildman–Crippen LogP) is 2.92. The van der Waals surface area contributed by atoms with Gasteiger partial charge in [-0.3, -0.25) is 0 Å². The molecule has 0 aliphatic heterocycles. The van der Waals surface area contributed by atoms with Crippen LogP contribution in [0.2, 0.25) is 5.02 Å². The van der Waals surface area contributed by atoms with Crippen LogP contribution in [0.4, 0.5) is 10.1 Å². The number of hydrogen-bond donors (Lipinski definition) is 1. The number of rotatable bonds is 0. The first-order valence-corrected chi connectivity index (χ1v) is 4.49. The molecule has 0 aliphatic rings. The van der Waals surface area contributed by atoms with Crippen molar-refractivity contribution in [3.05, 3.63) is 34.7 Å². The summed E-state index contributed by atoms with van der Waals surface area (Å²) in [6, 6.07) is 4.63. The predicted molar refractivity (Wildman–Crippen MR) is 55.9 cm³/mol. The summed E-state index contributed by atoms with van der Waals surface area (Å²) in [5.74, 6) is -0.381. The quantitative estimate of drug-likeness (QED) is 0.726. The molecule has 1 aromatic carbocycles. The summed E-state index contributed by atoms with van der Waals surface area (Å²) in [5, 5.41) is 0.948. The van der Waals surface area contributed by atoms with Crippen LogP contribution in [-0.2, 0) is 0 Å². The summed E-state index contributed by atoms with van der Waals surface area (Å²) in [4.78, 5) is 4.05. The van der Waals surface area contributed by atoms with Crippen molar-refractivity contribution in [2.45, 2.75) is 6.92 Å². The molecule has 0 fully saturated rings. The van der Waals surface area contributed by atoms with Gasteiger partial charge in [-0.2, -0.15) is 0 Å². The minimum absolute atomic E-state index is 0.270. The Morgan fingerprint density at radius 3 is 2.86 bits per heavy atom. The lowest BCUT2D eigenvalue weighted by atomic mass is 10.1. The first-order chi connectivity index (χ1) is 6.61. The summed E-state index contributed by atoms with van der Waals surface area (Å²) in [6.07, 6.45) is 0. The summed E-state index contributed by atoms with van der Waals surface area (Å²) >= 11 is 5.90. The molecule has 0 aliphatic carbocycles. The molecule has 0 bridgehead atoms. The molecular weight excluding hydrogens is 203 g/mol. The Labute approximate surface area is 85.5 Å². The second kappa shape index (κ2) is 3.10. The molecule has 1 aromatic heterocycles. The smallest absolute Gasteiger partial charge is 0.149 e. The molecule has 0 saturated carbocycles. The zero-order valence-electron chi connectivity index (χ0n) is 7.51. The molecule has 2 nitrogen and oxygen atoms in total. The zero-order chi connectivity index (χ0) is 10.3. The lowest BCUT2D eigenvalue weighted by molar-refractivity contribution is 0.636. The van der Waals surface area contributed by atoms with Gasteiger partial charge in [-0.1, -0.05) is 23.7 Å². The minimum atomic E-state index is -0.381. The van der Waals surface area contributed by atoms with E-state index in [4.69, 9.17) is 17.3 Å².